The second-order valence-electron chi connectivity index (χ2n) is 4.60. The van der Waals surface area contributed by atoms with E-state index in [4.69, 9.17) is 11.6 Å². The van der Waals surface area contributed by atoms with Crippen LogP contribution in [0.15, 0.2) is 46.5 Å². The smallest absolute Gasteiger partial charge is 0.225 e. The summed E-state index contributed by atoms with van der Waals surface area (Å²) >= 11 is 8.27. The van der Waals surface area contributed by atoms with E-state index in [0.29, 0.717) is 9.22 Å². The molecule has 21 heavy (non-hydrogen) atoms. The number of hydrogen-bond donors (Lipinski definition) is 1. The van der Waals surface area contributed by atoms with E-state index in [1.165, 1.54) is 0 Å². The van der Waals surface area contributed by atoms with Crippen LogP contribution in [-0.4, -0.2) is 18.4 Å². The van der Waals surface area contributed by atoms with E-state index in [1.807, 2.05) is 35.6 Å². The third-order valence-corrected chi connectivity index (χ3v) is 6.76. The fourth-order valence-corrected chi connectivity index (χ4v) is 4.59. The first kappa shape index (κ1) is 14.8. The normalized spacial score (nSPS) is 12.0. The first-order chi connectivity index (χ1) is 9.91. The number of rotatable bonds is 2. The van der Waals surface area contributed by atoms with Gasteiger partial charge in [0.05, 0.1) is 9.92 Å². The largest absolute Gasteiger partial charge is 0.346 e. The van der Waals surface area contributed by atoms with E-state index in [1.54, 1.807) is 30.5 Å². The summed E-state index contributed by atoms with van der Waals surface area (Å²) < 4.78 is 26.1. The summed E-state index contributed by atoms with van der Waals surface area (Å²) in [6, 6.07) is 8.44. The van der Waals surface area contributed by atoms with Crippen LogP contribution in [0.2, 0.25) is 5.02 Å². The highest BCUT2D eigenvalue weighted by Gasteiger charge is 2.25. The van der Waals surface area contributed by atoms with Crippen LogP contribution in [-0.2, 0) is 9.84 Å². The molecule has 0 aliphatic carbocycles. The van der Waals surface area contributed by atoms with Crippen molar-refractivity contribution in [3.8, 4) is 0 Å². The van der Waals surface area contributed by atoms with Crippen molar-refractivity contribution in [2.75, 3.05) is 0 Å². The molecule has 0 spiro atoms. The third kappa shape index (κ3) is 2.45. The van der Waals surface area contributed by atoms with Gasteiger partial charge in [-0.1, -0.05) is 29.3 Å². The average molecular weight is 433 g/mol. The van der Waals surface area contributed by atoms with Gasteiger partial charge < -0.3 is 4.98 Å². The van der Waals surface area contributed by atoms with Crippen LogP contribution in [0.3, 0.4) is 0 Å². The monoisotopic (exact) mass is 432 g/mol. The molecule has 108 valence electrons. The number of pyridine rings is 1. The Balaban J connectivity index is 2.28. The number of H-pyrrole nitrogens is 1. The van der Waals surface area contributed by atoms with Gasteiger partial charge in [0, 0.05) is 15.2 Å². The molecule has 0 aliphatic rings. The van der Waals surface area contributed by atoms with Crippen molar-refractivity contribution in [2.24, 2.45) is 0 Å². The Labute approximate surface area is 140 Å². The van der Waals surface area contributed by atoms with Crippen LogP contribution in [0.1, 0.15) is 5.56 Å². The van der Waals surface area contributed by atoms with Gasteiger partial charge in [-0.25, -0.2) is 13.4 Å². The minimum atomic E-state index is -3.75. The molecule has 4 nitrogen and oxygen atoms in total. The molecule has 0 radical (unpaired) electrons. The summed E-state index contributed by atoms with van der Waals surface area (Å²) in [6.45, 7) is 1.90. The van der Waals surface area contributed by atoms with Crippen LogP contribution in [0.4, 0.5) is 0 Å². The number of halogens is 2. The van der Waals surface area contributed by atoms with E-state index in [9.17, 15) is 8.42 Å². The van der Waals surface area contributed by atoms with Crippen molar-refractivity contribution in [2.45, 2.75) is 16.8 Å². The van der Waals surface area contributed by atoms with E-state index in [2.05, 4.69) is 9.97 Å². The highest BCUT2D eigenvalue weighted by Crippen LogP contribution is 2.33. The maximum Gasteiger partial charge on any atom is 0.225 e. The molecule has 1 aromatic carbocycles. The van der Waals surface area contributed by atoms with Crippen LogP contribution in [0.25, 0.3) is 11.0 Å². The van der Waals surface area contributed by atoms with Crippen molar-refractivity contribution in [3.63, 3.8) is 0 Å². The standard InChI is InChI=1S/C14H10ClIN2O2S/c1-8-2-4-9(5-3-8)21(19,20)14-11(15)12(16)10-6-7-17-13(10)18-14/h2-7H,1H3,(H,17,18). The van der Waals surface area contributed by atoms with Crippen molar-refractivity contribution in [1.29, 1.82) is 0 Å². The maximum atomic E-state index is 12.7. The van der Waals surface area contributed by atoms with Crippen molar-refractivity contribution in [3.05, 3.63) is 50.7 Å². The predicted octanol–water partition coefficient (Wildman–Crippen LogP) is 3.96. The third-order valence-electron chi connectivity index (χ3n) is 3.14. The summed E-state index contributed by atoms with van der Waals surface area (Å²) in [5.41, 5.74) is 1.50. The highest BCUT2D eigenvalue weighted by molar-refractivity contribution is 14.1. The second-order valence-corrected chi connectivity index (χ2v) is 7.92. The molecule has 0 saturated heterocycles. The zero-order valence-electron chi connectivity index (χ0n) is 10.9. The molecule has 0 aliphatic heterocycles. The number of nitrogens with zero attached hydrogens (tertiary/aromatic N) is 1. The molecule has 0 amide bonds. The Hall–Kier alpha value is -1.12. The molecular formula is C14H10ClIN2O2S. The lowest BCUT2D eigenvalue weighted by atomic mass is 10.2. The Morgan fingerprint density at radius 1 is 1.19 bits per heavy atom. The molecule has 0 fully saturated rings. The lowest BCUT2D eigenvalue weighted by molar-refractivity contribution is 0.593. The summed E-state index contributed by atoms with van der Waals surface area (Å²) in [4.78, 5) is 7.29. The van der Waals surface area contributed by atoms with Gasteiger partial charge >= 0.3 is 0 Å². The number of aromatic amines is 1. The molecular weight excluding hydrogens is 423 g/mol. The predicted molar refractivity (Wildman–Crippen MR) is 90.5 cm³/mol. The molecule has 3 aromatic rings. The molecule has 2 aromatic heterocycles. The van der Waals surface area contributed by atoms with E-state index in [-0.39, 0.29) is 14.9 Å². The number of hydrogen-bond acceptors (Lipinski definition) is 3. The Morgan fingerprint density at radius 3 is 2.52 bits per heavy atom. The van der Waals surface area contributed by atoms with Gasteiger partial charge in [-0.15, -0.1) is 0 Å². The molecule has 0 saturated carbocycles. The van der Waals surface area contributed by atoms with Crippen LogP contribution < -0.4 is 0 Å². The first-order valence-electron chi connectivity index (χ1n) is 6.05. The molecule has 7 heteroatoms. The van der Waals surface area contributed by atoms with Gasteiger partial charge in [0.2, 0.25) is 9.84 Å². The summed E-state index contributed by atoms with van der Waals surface area (Å²) in [7, 11) is -3.75. The Morgan fingerprint density at radius 2 is 1.86 bits per heavy atom. The number of sulfone groups is 1. The quantitative estimate of drug-likeness (QED) is 0.624. The highest BCUT2D eigenvalue weighted by atomic mass is 127. The number of aryl methyl sites for hydroxylation is 1. The van der Waals surface area contributed by atoms with Gasteiger partial charge in [-0.3, -0.25) is 0 Å². The fourth-order valence-electron chi connectivity index (χ4n) is 2.00. The first-order valence-corrected chi connectivity index (χ1v) is 8.99. The maximum absolute atomic E-state index is 12.7. The van der Waals surface area contributed by atoms with Crippen LogP contribution >= 0.6 is 34.2 Å². The number of aromatic nitrogens is 2. The lowest BCUT2D eigenvalue weighted by Crippen LogP contribution is -2.07. The van der Waals surface area contributed by atoms with Crippen molar-refractivity contribution < 1.29 is 8.42 Å². The van der Waals surface area contributed by atoms with Gasteiger partial charge in [-0.2, -0.15) is 0 Å². The topological polar surface area (TPSA) is 62.8 Å². The van der Waals surface area contributed by atoms with Gasteiger partial charge in [0.15, 0.2) is 5.03 Å². The zero-order chi connectivity index (χ0) is 15.2. The molecule has 3 rings (SSSR count). The fraction of sp³-hybridized carbons (Fsp3) is 0.0714. The molecule has 0 bridgehead atoms. The molecule has 1 N–H and O–H groups in total. The molecule has 0 atom stereocenters. The second kappa shape index (κ2) is 5.26. The average Bonchev–Trinajstić information content (AvgIpc) is 2.91. The summed E-state index contributed by atoms with van der Waals surface area (Å²) in [5.74, 6) is 0. The Bertz CT molecular complexity index is 934. The molecule has 0 unspecified atom stereocenters. The van der Waals surface area contributed by atoms with Gasteiger partial charge in [0.25, 0.3) is 0 Å². The zero-order valence-corrected chi connectivity index (χ0v) is 14.6. The lowest BCUT2D eigenvalue weighted by Gasteiger charge is -2.08. The van der Waals surface area contributed by atoms with Crippen molar-refractivity contribution >= 4 is 55.1 Å². The van der Waals surface area contributed by atoms with E-state index >= 15 is 0 Å². The van der Waals surface area contributed by atoms with E-state index < -0.39 is 9.84 Å². The Kier molecular flexibility index (Phi) is 3.71. The minimum Gasteiger partial charge on any atom is -0.346 e. The van der Waals surface area contributed by atoms with Crippen molar-refractivity contribution in [1.82, 2.24) is 9.97 Å². The van der Waals surface area contributed by atoms with Crippen LogP contribution in [0.5, 0.6) is 0 Å². The molecule has 2 heterocycles. The summed E-state index contributed by atoms with van der Waals surface area (Å²) in [6.07, 6.45) is 1.71. The number of fused-ring (bicyclic) bond motifs is 1. The number of benzene rings is 1. The van der Waals surface area contributed by atoms with Crippen LogP contribution in [0, 0.1) is 10.5 Å². The van der Waals surface area contributed by atoms with Gasteiger partial charge in [0.1, 0.15) is 5.65 Å². The SMILES string of the molecule is Cc1ccc(S(=O)(=O)c2nc3[nH]ccc3c(I)c2Cl)cc1. The minimum absolute atomic E-state index is 0.118. The van der Waals surface area contributed by atoms with Gasteiger partial charge in [-0.05, 0) is 47.7 Å². The van der Waals surface area contributed by atoms with E-state index in [0.717, 1.165) is 10.9 Å². The summed E-state index contributed by atoms with van der Waals surface area (Å²) in [5, 5.41) is 0.846. The number of nitrogens with one attached hydrogen (secondary N) is 1.